The summed E-state index contributed by atoms with van der Waals surface area (Å²) in [6, 6.07) is 8.93. The van der Waals surface area contributed by atoms with Crippen LogP contribution in [0.4, 0.5) is 0 Å². The number of likely N-dealkylation sites (N-methyl/N-ethyl adjacent to an activating group) is 1. The molecule has 1 fully saturated rings. The number of benzene rings is 1. The predicted molar refractivity (Wildman–Crippen MR) is 63.0 cm³/mol. The largest absolute Gasteiger partial charge is 0.314 e. The first-order valence-electron chi connectivity index (χ1n) is 5.10. The third-order valence-corrected chi connectivity index (χ3v) is 3.83. The monoisotopic (exact) mass is 207 g/mol. The van der Waals surface area contributed by atoms with Crippen LogP contribution in [0.15, 0.2) is 29.2 Å². The second kappa shape index (κ2) is 3.95. The van der Waals surface area contributed by atoms with Crippen molar-refractivity contribution in [2.24, 2.45) is 0 Å². The summed E-state index contributed by atoms with van der Waals surface area (Å²) in [5, 5.41) is 3.42. The van der Waals surface area contributed by atoms with Gasteiger partial charge in [0.1, 0.15) is 0 Å². The molecule has 0 aliphatic heterocycles. The van der Waals surface area contributed by atoms with Crippen LogP contribution in [0, 0.1) is 0 Å². The normalized spacial score (nSPS) is 18.1. The molecule has 14 heavy (non-hydrogen) atoms. The van der Waals surface area contributed by atoms with Crippen molar-refractivity contribution < 1.29 is 0 Å². The van der Waals surface area contributed by atoms with Crippen molar-refractivity contribution in [3.8, 4) is 0 Å². The van der Waals surface area contributed by atoms with E-state index in [1.54, 1.807) is 11.8 Å². The Balaban J connectivity index is 2.03. The summed E-state index contributed by atoms with van der Waals surface area (Å²) in [5.41, 5.74) is 1.88. The third kappa shape index (κ3) is 2.12. The third-order valence-electron chi connectivity index (χ3n) is 3.09. The molecule has 1 saturated carbocycles. The van der Waals surface area contributed by atoms with Gasteiger partial charge in [0.25, 0.3) is 0 Å². The lowest BCUT2D eigenvalue weighted by molar-refractivity contribution is 0.548. The van der Waals surface area contributed by atoms with Gasteiger partial charge in [-0.2, -0.15) is 0 Å². The minimum absolute atomic E-state index is 0.431. The first kappa shape index (κ1) is 10.1. The molecule has 1 nitrogen and oxygen atoms in total. The molecule has 1 aliphatic rings. The van der Waals surface area contributed by atoms with Gasteiger partial charge in [0.15, 0.2) is 0 Å². The van der Waals surface area contributed by atoms with E-state index in [4.69, 9.17) is 0 Å². The molecular weight excluding hydrogens is 190 g/mol. The lowest BCUT2D eigenvalue weighted by atomic mass is 10.0. The van der Waals surface area contributed by atoms with Gasteiger partial charge in [-0.15, -0.1) is 11.8 Å². The number of hydrogen-bond acceptors (Lipinski definition) is 2. The fourth-order valence-electron chi connectivity index (χ4n) is 1.80. The van der Waals surface area contributed by atoms with Crippen LogP contribution in [0.2, 0.25) is 0 Å². The van der Waals surface area contributed by atoms with Gasteiger partial charge in [0.05, 0.1) is 0 Å². The molecule has 1 aliphatic carbocycles. The molecule has 0 unspecified atom stereocenters. The van der Waals surface area contributed by atoms with E-state index in [1.165, 1.54) is 29.7 Å². The average Bonchev–Trinajstić information content (AvgIpc) is 3.00. The molecule has 0 aromatic heterocycles. The second-order valence-electron chi connectivity index (χ2n) is 4.06. The quantitative estimate of drug-likeness (QED) is 0.762. The molecule has 0 saturated heterocycles. The van der Waals surface area contributed by atoms with E-state index in [9.17, 15) is 0 Å². The van der Waals surface area contributed by atoms with Crippen LogP contribution in [0.5, 0.6) is 0 Å². The van der Waals surface area contributed by atoms with E-state index < -0.39 is 0 Å². The number of nitrogens with one attached hydrogen (secondary N) is 1. The number of hydrogen-bond donors (Lipinski definition) is 1. The lowest BCUT2D eigenvalue weighted by Gasteiger charge is -2.13. The first-order chi connectivity index (χ1) is 6.78. The smallest absolute Gasteiger partial charge is 0.0220 e. The van der Waals surface area contributed by atoms with Gasteiger partial charge in [-0.1, -0.05) is 12.1 Å². The molecule has 0 spiro atoms. The van der Waals surface area contributed by atoms with Gasteiger partial charge in [0.2, 0.25) is 0 Å². The highest BCUT2D eigenvalue weighted by molar-refractivity contribution is 7.98. The van der Waals surface area contributed by atoms with Gasteiger partial charge in [-0.3, -0.25) is 0 Å². The van der Waals surface area contributed by atoms with Crippen LogP contribution in [-0.2, 0) is 6.42 Å². The first-order valence-corrected chi connectivity index (χ1v) is 6.32. The Morgan fingerprint density at radius 1 is 1.29 bits per heavy atom. The highest BCUT2D eigenvalue weighted by atomic mass is 32.2. The van der Waals surface area contributed by atoms with E-state index in [0.29, 0.717) is 5.54 Å². The molecule has 0 amide bonds. The van der Waals surface area contributed by atoms with E-state index in [0.717, 1.165) is 0 Å². The SMILES string of the molecule is CNC1(Cc2ccc(SC)cc2)CC1. The molecule has 1 aromatic carbocycles. The zero-order valence-electron chi connectivity index (χ0n) is 8.84. The standard InChI is InChI=1S/C12H17NS/c1-13-12(7-8-12)9-10-3-5-11(14-2)6-4-10/h3-6,13H,7-9H2,1-2H3. The second-order valence-corrected chi connectivity index (χ2v) is 4.93. The van der Waals surface area contributed by atoms with Crippen molar-refractivity contribution >= 4 is 11.8 Å². The van der Waals surface area contributed by atoms with Crippen molar-refractivity contribution in [3.05, 3.63) is 29.8 Å². The van der Waals surface area contributed by atoms with Gasteiger partial charge in [-0.25, -0.2) is 0 Å². The van der Waals surface area contributed by atoms with Crippen LogP contribution in [-0.4, -0.2) is 18.8 Å². The number of rotatable bonds is 4. The lowest BCUT2D eigenvalue weighted by Crippen LogP contribution is -2.29. The fraction of sp³-hybridized carbons (Fsp3) is 0.500. The van der Waals surface area contributed by atoms with Crippen molar-refractivity contribution in [1.82, 2.24) is 5.32 Å². The Morgan fingerprint density at radius 3 is 2.36 bits per heavy atom. The zero-order valence-corrected chi connectivity index (χ0v) is 9.66. The maximum atomic E-state index is 3.42. The number of thioether (sulfide) groups is 1. The topological polar surface area (TPSA) is 12.0 Å². The van der Waals surface area contributed by atoms with Crippen LogP contribution in [0.25, 0.3) is 0 Å². The van der Waals surface area contributed by atoms with E-state index in [-0.39, 0.29) is 0 Å². The molecule has 2 heteroatoms. The average molecular weight is 207 g/mol. The van der Waals surface area contributed by atoms with Crippen molar-refractivity contribution in [2.45, 2.75) is 29.7 Å². The minimum atomic E-state index is 0.431. The van der Waals surface area contributed by atoms with E-state index >= 15 is 0 Å². The molecule has 0 atom stereocenters. The molecule has 0 heterocycles. The van der Waals surface area contributed by atoms with E-state index in [1.807, 2.05) is 0 Å². The summed E-state index contributed by atoms with van der Waals surface area (Å²) in [6.07, 6.45) is 5.95. The molecule has 1 aromatic rings. The van der Waals surface area contributed by atoms with Crippen molar-refractivity contribution in [2.75, 3.05) is 13.3 Å². The molecule has 2 rings (SSSR count). The molecule has 1 N–H and O–H groups in total. The molecular formula is C12H17NS. The Morgan fingerprint density at radius 2 is 1.93 bits per heavy atom. The molecule has 0 bridgehead atoms. The van der Waals surface area contributed by atoms with Gasteiger partial charge in [-0.05, 0) is 50.3 Å². The maximum absolute atomic E-state index is 3.42. The van der Waals surface area contributed by atoms with Crippen LogP contribution >= 0.6 is 11.8 Å². The Hall–Kier alpha value is -0.470. The Kier molecular flexibility index (Phi) is 2.84. The summed E-state index contributed by atoms with van der Waals surface area (Å²) >= 11 is 1.80. The minimum Gasteiger partial charge on any atom is -0.314 e. The van der Waals surface area contributed by atoms with E-state index in [2.05, 4.69) is 42.9 Å². The van der Waals surface area contributed by atoms with Gasteiger partial charge < -0.3 is 5.32 Å². The highest BCUT2D eigenvalue weighted by Gasteiger charge is 2.40. The summed E-state index contributed by atoms with van der Waals surface area (Å²) in [6.45, 7) is 0. The van der Waals surface area contributed by atoms with Gasteiger partial charge in [0, 0.05) is 10.4 Å². The Bertz CT molecular complexity index is 301. The maximum Gasteiger partial charge on any atom is 0.0220 e. The van der Waals surface area contributed by atoms with Crippen LogP contribution in [0.3, 0.4) is 0 Å². The van der Waals surface area contributed by atoms with Crippen molar-refractivity contribution in [1.29, 1.82) is 0 Å². The summed E-state index contributed by atoms with van der Waals surface area (Å²) < 4.78 is 0. The van der Waals surface area contributed by atoms with Crippen LogP contribution in [0.1, 0.15) is 18.4 Å². The fourth-order valence-corrected chi connectivity index (χ4v) is 2.21. The zero-order chi connectivity index (χ0) is 10.0. The van der Waals surface area contributed by atoms with Gasteiger partial charge >= 0.3 is 0 Å². The van der Waals surface area contributed by atoms with Crippen LogP contribution < -0.4 is 5.32 Å². The van der Waals surface area contributed by atoms with Crippen molar-refractivity contribution in [3.63, 3.8) is 0 Å². The Labute approximate surface area is 90.3 Å². The summed E-state index contributed by atoms with van der Waals surface area (Å²) in [4.78, 5) is 1.35. The molecule has 0 radical (unpaired) electrons. The summed E-state index contributed by atoms with van der Waals surface area (Å²) in [5.74, 6) is 0. The molecule has 76 valence electrons. The summed E-state index contributed by atoms with van der Waals surface area (Å²) in [7, 11) is 2.07. The predicted octanol–water partition coefficient (Wildman–Crippen LogP) is 2.70. The highest BCUT2D eigenvalue weighted by Crippen LogP contribution is 2.38.